The average molecular weight is 154 g/mol. The highest BCUT2D eigenvalue weighted by Gasteiger charge is 1.84. The Hall–Kier alpha value is -0.850. The number of benzene rings is 1. The van der Waals surface area contributed by atoms with Crippen molar-refractivity contribution < 1.29 is 4.39 Å². The van der Waals surface area contributed by atoms with Crippen LogP contribution in [-0.2, 0) is 6.42 Å². The molecule has 0 aliphatic rings. The highest BCUT2D eigenvalue weighted by atomic mass is 19.1. The molecule has 1 aromatic carbocycles. The summed E-state index contributed by atoms with van der Waals surface area (Å²) in [4.78, 5) is 0. The molecular formula is C10H15F. The number of halogens is 1. The normalized spacial score (nSPS) is 8.27. The topological polar surface area (TPSA) is 0 Å². The van der Waals surface area contributed by atoms with Crippen molar-refractivity contribution >= 4 is 0 Å². The Bertz CT molecular complexity index is 158. The van der Waals surface area contributed by atoms with Gasteiger partial charge in [-0.1, -0.05) is 43.7 Å². The fourth-order valence-corrected chi connectivity index (χ4v) is 0.933. The summed E-state index contributed by atoms with van der Waals surface area (Å²) in [6.45, 7) is 2.20. The average Bonchev–Trinajstić information content (AvgIpc) is 2.11. The first-order valence-electron chi connectivity index (χ1n) is 3.85. The summed E-state index contributed by atoms with van der Waals surface area (Å²) in [7, 11) is 0.500. The summed E-state index contributed by atoms with van der Waals surface area (Å²) >= 11 is 0. The van der Waals surface area contributed by atoms with Crippen LogP contribution in [0.3, 0.4) is 0 Å². The maximum atomic E-state index is 9.50. The van der Waals surface area contributed by atoms with E-state index in [9.17, 15) is 4.39 Å². The van der Waals surface area contributed by atoms with Crippen LogP contribution in [0.5, 0.6) is 0 Å². The van der Waals surface area contributed by atoms with Crippen molar-refractivity contribution in [2.24, 2.45) is 0 Å². The summed E-state index contributed by atoms with van der Waals surface area (Å²) in [5.74, 6) is 0. The number of hydrogen-bond donors (Lipinski definition) is 0. The van der Waals surface area contributed by atoms with Crippen molar-refractivity contribution in [3.05, 3.63) is 35.9 Å². The van der Waals surface area contributed by atoms with Gasteiger partial charge in [-0.3, -0.25) is 4.39 Å². The van der Waals surface area contributed by atoms with E-state index < -0.39 is 0 Å². The van der Waals surface area contributed by atoms with Gasteiger partial charge in [0.1, 0.15) is 0 Å². The van der Waals surface area contributed by atoms with Crippen LogP contribution in [0.15, 0.2) is 30.3 Å². The lowest BCUT2D eigenvalue weighted by Crippen LogP contribution is -1.78. The quantitative estimate of drug-likeness (QED) is 0.613. The van der Waals surface area contributed by atoms with Crippen molar-refractivity contribution in [2.75, 3.05) is 7.18 Å². The van der Waals surface area contributed by atoms with Gasteiger partial charge in [0.05, 0.1) is 7.18 Å². The van der Waals surface area contributed by atoms with E-state index in [1.165, 1.54) is 18.4 Å². The van der Waals surface area contributed by atoms with Gasteiger partial charge in [0, 0.05) is 0 Å². The van der Waals surface area contributed by atoms with Crippen LogP contribution < -0.4 is 0 Å². The molecule has 0 saturated heterocycles. The summed E-state index contributed by atoms with van der Waals surface area (Å²) in [5.41, 5.74) is 1.44. The van der Waals surface area contributed by atoms with Gasteiger partial charge in [0.15, 0.2) is 0 Å². The van der Waals surface area contributed by atoms with Gasteiger partial charge in [0.25, 0.3) is 0 Å². The van der Waals surface area contributed by atoms with Gasteiger partial charge in [0.2, 0.25) is 0 Å². The highest BCUT2D eigenvalue weighted by Crippen LogP contribution is 2.00. The predicted molar refractivity (Wildman–Crippen MR) is 47.5 cm³/mol. The van der Waals surface area contributed by atoms with Gasteiger partial charge in [-0.15, -0.1) is 0 Å². The van der Waals surface area contributed by atoms with Crippen LogP contribution in [0.1, 0.15) is 18.9 Å². The van der Waals surface area contributed by atoms with E-state index >= 15 is 0 Å². The van der Waals surface area contributed by atoms with Crippen LogP contribution in [0.4, 0.5) is 4.39 Å². The minimum absolute atomic E-state index is 0.500. The van der Waals surface area contributed by atoms with Gasteiger partial charge in [-0.25, -0.2) is 0 Å². The molecule has 0 aliphatic carbocycles. The van der Waals surface area contributed by atoms with Crippen LogP contribution in [0.25, 0.3) is 0 Å². The van der Waals surface area contributed by atoms with Crippen molar-refractivity contribution in [2.45, 2.75) is 19.8 Å². The third kappa shape index (κ3) is 4.54. The smallest absolute Gasteiger partial charge is 0.0785 e. The second-order valence-corrected chi connectivity index (χ2v) is 2.24. The summed E-state index contributed by atoms with van der Waals surface area (Å²) in [5, 5.41) is 0. The minimum atomic E-state index is 0.500. The fourth-order valence-electron chi connectivity index (χ4n) is 0.933. The van der Waals surface area contributed by atoms with Crippen molar-refractivity contribution in [1.29, 1.82) is 0 Å². The summed E-state index contributed by atoms with van der Waals surface area (Å²) < 4.78 is 9.50. The first kappa shape index (κ1) is 10.2. The molecule has 0 nitrogen and oxygen atoms in total. The minimum Gasteiger partial charge on any atom is -0.255 e. The lowest BCUT2D eigenvalue weighted by molar-refractivity contribution is 0.636. The first-order chi connectivity index (χ1) is 5.43. The Balaban J connectivity index is 0.000000461. The van der Waals surface area contributed by atoms with Gasteiger partial charge < -0.3 is 0 Å². The molecule has 0 unspecified atom stereocenters. The molecule has 0 N–H and O–H groups in total. The van der Waals surface area contributed by atoms with Crippen molar-refractivity contribution in [3.63, 3.8) is 0 Å². The van der Waals surface area contributed by atoms with E-state index in [1.54, 1.807) is 0 Å². The maximum absolute atomic E-state index is 9.50. The van der Waals surface area contributed by atoms with E-state index in [4.69, 9.17) is 0 Å². The maximum Gasteiger partial charge on any atom is 0.0785 e. The summed E-state index contributed by atoms with van der Waals surface area (Å²) in [6.07, 6.45) is 2.45. The molecule has 0 heterocycles. The zero-order valence-electron chi connectivity index (χ0n) is 7.18. The molecule has 0 radical (unpaired) electrons. The monoisotopic (exact) mass is 154 g/mol. The second-order valence-electron chi connectivity index (χ2n) is 2.24. The van der Waals surface area contributed by atoms with E-state index in [0.717, 1.165) is 0 Å². The Morgan fingerprint density at radius 2 is 1.64 bits per heavy atom. The van der Waals surface area contributed by atoms with Crippen LogP contribution in [0.2, 0.25) is 0 Å². The van der Waals surface area contributed by atoms with Crippen molar-refractivity contribution in [3.8, 4) is 0 Å². The zero-order chi connectivity index (χ0) is 8.53. The van der Waals surface area contributed by atoms with Crippen LogP contribution >= 0.6 is 0 Å². The van der Waals surface area contributed by atoms with E-state index in [2.05, 4.69) is 37.3 Å². The molecule has 0 aliphatic heterocycles. The number of rotatable bonds is 2. The second kappa shape index (κ2) is 7.26. The van der Waals surface area contributed by atoms with Crippen LogP contribution in [0, 0.1) is 0 Å². The molecule has 1 aromatic rings. The van der Waals surface area contributed by atoms with Crippen LogP contribution in [-0.4, -0.2) is 7.18 Å². The molecule has 62 valence electrons. The third-order valence-electron chi connectivity index (χ3n) is 1.38. The molecule has 0 spiro atoms. The van der Waals surface area contributed by atoms with Gasteiger partial charge >= 0.3 is 0 Å². The van der Waals surface area contributed by atoms with E-state index in [0.29, 0.717) is 7.18 Å². The molecule has 0 bridgehead atoms. The standard InChI is InChI=1S/C9H12.CH3F/c1-2-6-9-7-4-3-5-8-9;1-2/h3-5,7-8H,2,6H2,1H3;1H3. The highest BCUT2D eigenvalue weighted by molar-refractivity contribution is 5.14. The van der Waals surface area contributed by atoms with E-state index in [-0.39, 0.29) is 0 Å². The fraction of sp³-hybridized carbons (Fsp3) is 0.400. The Labute approximate surface area is 68.1 Å². The Morgan fingerprint density at radius 1 is 1.09 bits per heavy atom. The lowest BCUT2D eigenvalue weighted by atomic mass is 10.1. The number of aryl methyl sites for hydroxylation is 1. The number of hydrogen-bond acceptors (Lipinski definition) is 0. The molecule has 11 heavy (non-hydrogen) atoms. The Kier molecular flexibility index (Phi) is 6.70. The van der Waals surface area contributed by atoms with Gasteiger partial charge in [-0.05, 0) is 12.0 Å². The molecule has 1 rings (SSSR count). The lowest BCUT2D eigenvalue weighted by Gasteiger charge is -1.93. The number of alkyl halides is 1. The molecule has 0 atom stereocenters. The SMILES string of the molecule is CCCc1ccccc1.CF. The largest absolute Gasteiger partial charge is 0.255 e. The molecule has 0 aromatic heterocycles. The first-order valence-corrected chi connectivity index (χ1v) is 3.85. The Morgan fingerprint density at radius 3 is 2.09 bits per heavy atom. The molecule has 0 amide bonds. The van der Waals surface area contributed by atoms with Gasteiger partial charge in [-0.2, -0.15) is 0 Å². The third-order valence-corrected chi connectivity index (χ3v) is 1.38. The molecule has 1 heteroatoms. The van der Waals surface area contributed by atoms with Crippen molar-refractivity contribution in [1.82, 2.24) is 0 Å². The molecule has 0 saturated carbocycles. The predicted octanol–water partition coefficient (Wildman–Crippen LogP) is 3.22. The summed E-state index contributed by atoms with van der Waals surface area (Å²) in [6, 6.07) is 10.6. The molecule has 0 fully saturated rings. The zero-order valence-corrected chi connectivity index (χ0v) is 7.18. The van der Waals surface area contributed by atoms with E-state index in [1.807, 2.05) is 0 Å². The molecular weight excluding hydrogens is 139 g/mol.